The average molecular weight is 326 g/mol. The molecule has 1 heterocycles. The number of rotatable bonds is 4. The highest BCUT2D eigenvalue weighted by Gasteiger charge is 2.26. The van der Waals surface area contributed by atoms with E-state index in [4.69, 9.17) is 5.73 Å². The highest BCUT2D eigenvalue weighted by molar-refractivity contribution is 5.95. The van der Waals surface area contributed by atoms with Gasteiger partial charge < -0.3 is 15.6 Å². The average Bonchev–Trinajstić information content (AvgIpc) is 2.94. The van der Waals surface area contributed by atoms with Gasteiger partial charge in [-0.25, -0.2) is 4.98 Å². The van der Waals surface area contributed by atoms with Gasteiger partial charge in [0.05, 0.1) is 23.8 Å². The van der Waals surface area contributed by atoms with Gasteiger partial charge in [-0.2, -0.15) is 0 Å². The number of imidazole rings is 1. The van der Waals surface area contributed by atoms with Gasteiger partial charge in [0.25, 0.3) is 0 Å². The maximum atomic E-state index is 12.4. The van der Waals surface area contributed by atoms with Crippen LogP contribution in [0.1, 0.15) is 37.8 Å². The molecular weight excluding hydrogens is 300 g/mol. The zero-order valence-corrected chi connectivity index (χ0v) is 14.5. The zero-order chi connectivity index (χ0) is 17.1. The number of nitrogens with two attached hydrogens (primary N) is 1. The number of hydrogen-bond donors (Lipinski definition) is 2. The molecule has 1 aromatic carbocycles. The Kier molecular flexibility index (Phi) is 5.00. The van der Waals surface area contributed by atoms with Crippen LogP contribution in [0.3, 0.4) is 0 Å². The molecule has 128 valence electrons. The third-order valence-electron chi connectivity index (χ3n) is 5.01. The fourth-order valence-corrected chi connectivity index (χ4v) is 3.60. The first-order chi connectivity index (χ1) is 11.6. The van der Waals surface area contributed by atoms with E-state index in [0.29, 0.717) is 5.92 Å². The van der Waals surface area contributed by atoms with Gasteiger partial charge in [-0.05, 0) is 37.8 Å². The van der Waals surface area contributed by atoms with Crippen molar-refractivity contribution in [1.82, 2.24) is 9.55 Å². The first kappa shape index (κ1) is 16.7. The molecule has 1 atom stereocenters. The van der Waals surface area contributed by atoms with Crippen molar-refractivity contribution >= 4 is 11.6 Å². The van der Waals surface area contributed by atoms with E-state index in [9.17, 15) is 4.79 Å². The summed E-state index contributed by atoms with van der Waals surface area (Å²) in [7, 11) is 1.98. The predicted molar refractivity (Wildman–Crippen MR) is 96.6 cm³/mol. The fraction of sp³-hybridized carbons (Fsp3) is 0.474. The van der Waals surface area contributed by atoms with Crippen LogP contribution in [0.25, 0.3) is 11.3 Å². The summed E-state index contributed by atoms with van der Waals surface area (Å²) in [5.74, 6) is 0.237. The number of aromatic nitrogens is 2. The second-order valence-corrected chi connectivity index (χ2v) is 6.78. The topological polar surface area (TPSA) is 72.9 Å². The second-order valence-electron chi connectivity index (χ2n) is 6.78. The first-order valence-electron chi connectivity index (χ1n) is 8.71. The summed E-state index contributed by atoms with van der Waals surface area (Å²) in [4.78, 5) is 16.7. The second kappa shape index (κ2) is 7.18. The number of anilines is 1. The molecule has 5 heteroatoms. The van der Waals surface area contributed by atoms with E-state index in [1.165, 1.54) is 19.3 Å². The van der Waals surface area contributed by atoms with Crippen LogP contribution in [0.2, 0.25) is 0 Å². The van der Waals surface area contributed by atoms with Gasteiger partial charge in [0, 0.05) is 18.3 Å². The number of nitrogens with one attached hydrogen (secondary N) is 1. The monoisotopic (exact) mass is 326 g/mol. The van der Waals surface area contributed by atoms with Gasteiger partial charge in [0.1, 0.15) is 0 Å². The van der Waals surface area contributed by atoms with Gasteiger partial charge in [0.15, 0.2) is 0 Å². The quantitative estimate of drug-likeness (QED) is 0.906. The Bertz CT molecular complexity index is 679. The molecule has 5 nitrogen and oxygen atoms in total. The molecule has 0 radical (unpaired) electrons. The number of carbonyl (C=O) groups is 1. The van der Waals surface area contributed by atoms with E-state index in [1.807, 2.05) is 49.1 Å². The Balaban J connectivity index is 1.66. The van der Waals surface area contributed by atoms with Crippen molar-refractivity contribution < 1.29 is 4.79 Å². The van der Waals surface area contributed by atoms with Crippen molar-refractivity contribution in [3.8, 4) is 11.3 Å². The third kappa shape index (κ3) is 3.51. The van der Waals surface area contributed by atoms with Crippen molar-refractivity contribution in [3.63, 3.8) is 0 Å². The van der Waals surface area contributed by atoms with Gasteiger partial charge in [0.2, 0.25) is 5.91 Å². The fourth-order valence-electron chi connectivity index (χ4n) is 3.60. The normalized spacial score (nSPS) is 16.8. The summed E-state index contributed by atoms with van der Waals surface area (Å²) in [6.45, 7) is 1.99. The minimum Gasteiger partial charge on any atom is -0.334 e. The van der Waals surface area contributed by atoms with Crippen LogP contribution < -0.4 is 11.1 Å². The number of aryl methyl sites for hydroxylation is 2. The summed E-state index contributed by atoms with van der Waals surface area (Å²) < 4.78 is 2.00. The maximum absolute atomic E-state index is 12.4. The molecule has 1 amide bonds. The van der Waals surface area contributed by atoms with Crippen molar-refractivity contribution in [2.45, 2.75) is 45.1 Å². The lowest BCUT2D eigenvalue weighted by atomic mass is 9.84. The van der Waals surface area contributed by atoms with Crippen molar-refractivity contribution in [1.29, 1.82) is 0 Å². The smallest absolute Gasteiger partial charge is 0.241 e. The summed E-state index contributed by atoms with van der Waals surface area (Å²) in [5.41, 5.74) is 10.1. The molecule has 0 aliphatic heterocycles. The standard InChI is InChI=1S/C19H26N4O/c1-13-18(23(2)12-21-13)15-8-10-16(11-9-15)22-19(24)17(20)14-6-4-3-5-7-14/h8-12,14,17H,3-7,20H2,1-2H3,(H,22,24)/t17-/m0/s1. The van der Waals surface area contributed by atoms with Crippen LogP contribution in [0, 0.1) is 12.8 Å². The van der Waals surface area contributed by atoms with Crippen molar-refractivity contribution in [2.75, 3.05) is 5.32 Å². The van der Waals surface area contributed by atoms with Crippen LogP contribution in [0.5, 0.6) is 0 Å². The lowest BCUT2D eigenvalue weighted by Gasteiger charge is -2.26. The minimum absolute atomic E-state index is 0.0774. The number of nitrogens with zero attached hydrogens (tertiary/aromatic N) is 2. The molecule has 24 heavy (non-hydrogen) atoms. The Morgan fingerprint density at radius 1 is 1.25 bits per heavy atom. The van der Waals surface area contributed by atoms with Gasteiger partial charge >= 0.3 is 0 Å². The number of carbonyl (C=O) groups excluding carboxylic acids is 1. The van der Waals surface area contributed by atoms with Crippen LogP contribution in [0.4, 0.5) is 5.69 Å². The lowest BCUT2D eigenvalue weighted by Crippen LogP contribution is -2.42. The molecule has 1 aromatic heterocycles. The molecule has 1 aliphatic carbocycles. The van der Waals surface area contributed by atoms with E-state index in [-0.39, 0.29) is 5.91 Å². The Labute approximate surface area is 143 Å². The van der Waals surface area contributed by atoms with Crippen LogP contribution in [-0.2, 0) is 11.8 Å². The van der Waals surface area contributed by atoms with Crippen molar-refractivity contribution in [2.24, 2.45) is 18.7 Å². The zero-order valence-electron chi connectivity index (χ0n) is 14.5. The Morgan fingerprint density at radius 2 is 1.92 bits per heavy atom. The van der Waals surface area contributed by atoms with E-state index in [2.05, 4.69) is 10.3 Å². The van der Waals surface area contributed by atoms with Gasteiger partial charge in [-0.15, -0.1) is 0 Å². The molecule has 1 saturated carbocycles. The molecular formula is C19H26N4O. The molecule has 3 N–H and O–H groups in total. The lowest BCUT2D eigenvalue weighted by molar-refractivity contribution is -0.118. The molecule has 1 aliphatic rings. The summed E-state index contributed by atoms with van der Waals surface area (Å²) in [6.07, 6.45) is 7.57. The minimum atomic E-state index is -0.413. The third-order valence-corrected chi connectivity index (χ3v) is 5.01. The van der Waals surface area contributed by atoms with E-state index >= 15 is 0 Å². The van der Waals surface area contributed by atoms with Crippen LogP contribution in [-0.4, -0.2) is 21.5 Å². The molecule has 1 fully saturated rings. The maximum Gasteiger partial charge on any atom is 0.241 e. The SMILES string of the molecule is Cc1ncn(C)c1-c1ccc(NC(=O)[C@@H](N)C2CCCCC2)cc1. The van der Waals surface area contributed by atoms with E-state index < -0.39 is 6.04 Å². The van der Waals surface area contributed by atoms with Crippen LogP contribution in [0.15, 0.2) is 30.6 Å². The number of amides is 1. The highest BCUT2D eigenvalue weighted by Crippen LogP contribution is 2.27. The molecule has 0 saturated heterocycles. The van der Waals surface area contributed by atoms with Gasteiger partial charge in [-0.1, -0.05) is 31.4 Å². The molecule has 0 unspecified atom stereocenters. The Morgan fingerprint density at radius 3 is 2.50 bits per heavy atom. The molecule has 0 spiro atoms. The summed E-state index contributed by atoms with van der Waals surface area (Å²) >= 11 is 0. The summed E-state index contributed by atoms with van der Waals surface area (Å²) in [6, 6.07) is 7.45. The number of benzene rings is 1. The van der Waals surface area contributed by atoms with E-state index in [0.717, 1.165) is 35.5 Å². The predicted octanol–water partition coefficient (Wildman–Crippen LogP) is 3.24. The number of hydrogen-bond acceptors (Lipinski definition) is 3. The van der Waals surface area contributed by atoms with Crippen molar-refractivity contribution in [3.05, 3.63) is 36.3 Å². The Hall–Kier alpha value is -2.14. The molecule has 2 aromatic rings. The first-order valence-corrected chi connectivity index (χ1v) is 8.71. The molecule has 3 rings (SSSR count). The largest absolute Gasteiger partial charge is 0.334 e. The van der Waals surface area contributed by atoms with E-state index in [1.54, 1.807) is 0 Å². The molecule has 0 bridgehead atoms. The summed E-state index contributed by atoms with van der Waals surface area (Å²) in [5, 5.41) is 2.95. The highest BCUT2D eigenvalue weighted by atomic mass is 16.2. The van der Waals surface area contributed by atoms with Gasteiger partial charge in [-0.3, -0.25) is 4.79 Å². The van der Waals surface area contributed by atoms with Crippen LogP contribution >= 0.6 is 0 Å².